The predicted molar refractivity (Wildman–Crippen MR) is 125 cm³/mol. The smallest absolute Gasteiger partial charge is 0.146 e. The second-order valence-electron chi connectivity index (χ2n) is 8.52. The molecule has 160 valence electrons. The summed E-state index contributed by atoms with van der Waals surface area (Å²) in [7, 11) is 2.01. The SMILES string of the molecule is CN1CN=C(N)/C1=C(/NC1CCCCC1)c1cc2cccc(-c3ccccc3F)c2[nH]1. The van der Waals surface area contributed by atoms with Crippen molar-refractivity contribution in [1.29, 1.82) is 0 Å². The first-order chi connectivity index (χ1) is 15.1. The topological polar surface area (TPSA) is 69.4 Å². The lowest BCUT2D eigenvalue weighted by Crippen LogP contribution is -2.34. The molecule has 1 aliphatic heterocycles. The first-order valence-corrected chi connectivity index (χ1v) is 11.0. The number of fused-ring (bicyclic) bond motifs is 1. The molecular formula is C25H28FN5. The van der Waals surface area contributed by atoms with Gasteiger partial charge < -0.3 is 20.9 Å². The third-order valence-corrected chi connectivity index (χ3v) is 6.36. The number of hydrogen-bond acceptors (Lipinski definition) is 4. The lowest BCUT2D eigenvalue weighted by atomic mass is 9.95. The molecule has 0 atom stereocenters. The van der Waals surface area contributed by atoms with Gasteiger partial charge in [0.05, 0.1) is 16.9 Å². The summed E-state index contributed by atoms with van der Waals surface area (Å²) in [6.07, 6.45) is 6.08. The van der Waals surface area contributed by atoms with Crippen LogP contribution in [-0.2, 0) is 0 Å². The highest BCUT2D eigenvalue weighted by atomic mass is 19.1. The number of H-pyrrole nitrogens is 1. The Kier molecular flexibility index (Phi) is 5.14. The van der Waals surface area contributed by atoms with Gasteiger partial charge in [-0.05, 0) is 25.0 Å². The maximum atomic E-state index is 14.6. The van der Waals surface area contributed by atoms with Gasteiger partial charge in [-0.15, -0.1) is 0 Å². The minimum atomic E-state index is -0.225. The zero-order chi connectivity index (χ0) is 21.4. The van der Waals surface area contributed by atoms with E-state index < -0.39 is 0 Å². The molecule has 5 nitrogen and oxygen atoms in total. The van der Waals surface area contributed by atoms with E-state index in [1.807, 2.05) is 31.3 Å². The molecule has 3 aromatic rings. The molecule has 4 N–H and O–H groups in total. The third-order valence-electron chi connectivity index (χ3n) is 6.36. The van der Waals surface area contributed by atoms with Crippen molar-refractivity contribution < 1.29 is 4.39 Å². The molecule has 1 fully saturated rings. The van der Waals surface area contributed by atoms with E-state index >= 15 is 0 Å². The highest BCUT2D eigenvalue weighted by Crippen LogP contribution is 2.33. The van der Waals surface area contributed by atoms with Crippen LogP contribution < -0.4 is 11.1 Å². The highest BCUT2D eigenvalue weighted by molar-refractivity contribution is 6.05. The molecule has 6 heteroatoms. The Morgan fingerprint density at radius 2 is 1.87 bits per heavy atom. The number of rotatable bonds is 4. The number of benzene rings is 2. The highest BCUT2D eigenvalue weighted by Gasteiger charge is 2.25. The van der Waals surface area contributed by atoms with Gasteiger partial charge in [0.1, 0.15) is 24.0 Å². The van der Waals surface area contributed by atoms with Gasteiger partial charge in [0.25, 0.3) is 0 Å². The number of aliphatic imine (C=N–C) groups is 1. The Labute approximate surface area is 181 Å². The molecule has 1 saturated carbocycles. The zero-order valence-corrected chi connectivity index (χ0v) is 17.8. The molecule has 2 aromatic carbocycles. The molecule has 1 aliphatic carbocycles. The summed E-state index contributed by atoms with van der Waals surface area (Å²) in [6, 6.07) is 15.4. The normalized spacial score (nSPS) is 19.0. The van der Waals surface area contributed by atoms with Crippen molar-refractivity contribution in [2.24, 2.45) is 10.7 Å². The number of halogens is 1. The monoisotopic (exact) mass is 417 g/mol. The van der Waals surface area contributed by atoms with Crippen LogP contribution in [0.2, 0.25) is 0 Å². The summed E-state index contributed by atoms with van der Waals surface area (Å²) >= 11 is 0. The lowest BCUT2D eigenvalue weighted by molar-refractivity contribution is 0.404. The van der Waals surface area contributed by atoms with Gasteiger partial charge in [-0.2, -0.15) is 0 Å². The quantitative estimate of drug-likeness (QED) is 0.570. The van der Waals surface area contributed by atoms with Crippen molar-refractivity contribution >= 4 is 22.4 Å². The van der Waals surface area contributed by atoms with Crippen LogP contribution in [0.15, 0.2) is 59.2 Å². The molecule has 1 aromatic heterocycles. The number of likely N-dealkylation sites (N-methyl/N-ethyl adjacent to an activating group) is 1. The van der Waals surface area contributed by atoms with Gasteiger partial charge in [-0.3, -0.25) is 0 Å². The second kappa shape index (κ2) is 8.10. The minimum absolute atomic E-state index is 0.225. The fourth-order valence-electron chi connectivity index (χ4n) is 4.76. The third kappa shape index (κ3) is 3.67. The zero-order valence-electron chi connectivity index (χ0n) is 17.8. The van der Waals surface area contributed by atoms with Crippen LogP contribution in [0, 0.1) is 5.82 Å². The number of para-hydroxylation sites is 1. The number of hydrogen-bond donors (Lipinski definition) is 3. The van der Waals surface area contributed by atoms with E-state index in [4.69, 9.17) is 5.73 Å². The van der Waals surface area contributed by atoms with Crippen molar-refractivity contribution in [3.63, 3.8) is 0 Å². The van der Waals surface area contributed by atoms with E-state index in [0.29, 0.717) is 24.1 Å². The molecule has 2 aliphatic rings. The minimum Gasteiger partial charge on any atom is -0.382 e. The Balaban J connectivity index is 1.64. The van der Waals surface area contributed by atoms with Crippen molar-refractivity contribution in [2.75, 3.05) is 13.7 Å². The number of nitrogens with two attached hydrogens (primary N) is 1. The molecule has 5 rings (SSSR count). The molecular weight excluding hydrogens is 389 g/mol. The average molecular weight is 418 g/mol. The van der Waals surface area contributed by atoms with E-state index in [1.165, 1.54) is 25.3 Å². The van der Waals surface area contributed by atoms with Crippen molar-refractivity contribution in [3.8, 4) is 11.1 Å². The van der Waals surface area contributed by atoms with Crippen LogP contribution in [-0.4, -0.2) is 35.5 Å². The Morgan fingerprint density at radius 1 is 1.10 bits per heavy atom. The summed E-state index contributed by atoms with van der Waals surface area (Å²) in [6.45, 7) is 0.553. The molecule has 31 heavy (non-hydrogen) atoms. The summed E-state index contributed by atoms with van der Waals surface area (Å²) in [5.74, 6) is 0.325. The molecule has 0 unspecified atom stereocenters. The molecule has 0 bridgehead atoms. The Hall–Kier alpha value is -3.28. The van der Waals surface area contributed by atoms with E-state index in [0.717, 1.165) is 46.4 Å². The number of aromatic nitrogens is 1. The molecule has 0 radical (unpaired) electrons. The van der Waals surface area contributed by atoms with Gasteiger partial charge in [0, 0.05) is 29.6 Å². The Morgan fingerprint density at radius 3 is 2.61 bits per heavy atom. The maximum Gasteiger partial charge on any atom is 0.146 e. The van der Waals surface area contributed by atoms with Crippen LogP contribution in [0.25, 0.3) is 27.7 Å². The maximum absolute atomic E-state index is 14.6. The molecule has 2 heterocycles. The molecule has 0 amide bonds. The fourth-order valence-corrected chi connectivity index (χ4v) is 4.76. The van der Waals surface area contributed by atoms with E-state index in [9.17, 15) is 4.39 Å². The number of nitrogens with one attached hydrogen (secondary N) is 2. The molecule has 0 spiro atoms. The number of amidine groups is 1. The predicted octanol–water partition coefficient (Wildman–Crippen LogP) is 4.83. The number of aromatic amines is 1. The average Bonchev–Trinajstić information content (AvgIpc) is 3.36. The summed E-state index contributed by atoms with van der Waals surface area (Å²) in [5, 5.41) is 4.82. The van der Waals surface area contributed by atoms with Crippen LogP contribution in [0.1, 0.15) is 37.8 Å². The van der Waals surface area contributed by atoms with E-state index in [2.05, 4.69) is 32.3 Å². The van der Waals surface area contributed by atoms with Crippen molar-refractivity contribution in [3.05, 3.63) is 65.7 Å². The van der Waals surface area contributed by atoms with Crippen molar-refractivity contribution in [1.82, 2.24) is 15.2 Å². The van der Waals surface area contributed by atoms with Gasteiger partial charge >= 0.3 is 0 Å². The van der Waals surface area contributed by atoms with Crippen LogP contribution in [0.3, 0.4) is 0 Å². The summed E-state index contributed by atoms with van der Waals surface area (Å²) in [4.78, 5) is 10.1. The van der Waals surface area contributed by atoms with Gasteiger partial charge in [0.2, 0.25) is 0 Å². The summed E-state index contributed by atoms with van der Waals surface area (Å²) in [5.41, 5.74) is 11.5. The molecule has 0 saturated heterocycles. The summed E-state index contributed by atoms with van der Waals surface area (Å²) < 4.78 is 14.6. The van der Waals surface area contributed by atoms with Gasteiger partial charge in [0.15, 0.2) is 0 Å². The lowest BCUT2D eigenvalue weighted by Gasteiger charge is -2.27. The first-order valence-electron chi connectivity index (χ1n) is 11.0. The van der Waals surface area contributed by atoms with Gasteiger partial charge in [-0.1, -0.05) is 55.7 Å². The van der Waals surface area contributed by atoms with Crippen LogP contribution >= 0.6 is 0 Å². The largest absolute Gasteiger partial charge is 0.382 e. The van der Waals surface area contributed by atoms with Crippen LogP contribution in [0.5, 0.6) is 0 Å². The van der Waals surface area contributed by atoms with E-state index in [1.54, 1.807) is 6.07 Å². The van der Waals surface area contributed by atoms with Crippen molar-refractivity contribution in [2.45, 2.75) is 38.1 Å². The Bertz CT molecular complexity index is 1170. The standard InChI is InChI=1S/C25H28FN5/c1-31-15-28-25(27)24(31)23(29-17-9-3-2-4-10-17)21-14-16-8-7-12-19(22(16)30-21)18-11-5-6-13-20(18)26/h5-8,11-14,17,29-30H,2-4,9-10,15H2,1H3,(H2,27,28)/b24-23-. The number of nitrogens with zero attached hydrogens (tertiary/aromatic N) is 2. The fraction of sp³-hybridized carbons (Fsp3) is 0.320. The first kappa shape index (κ1) is 19.7. The van der Waals surface area contributed by atoms with Gasteiger partial charge in [-0.25, -0.2) is 9.38 Å². The second-order valence-corrected chi connectivity index (χ2v) is 8.52. The van der Waals surface area contributed by atoms with Crippen LogP contribution in [0.4, 0.5) is 4.39 Å². The van der Waals surface area contributed by atoms with E-state index in [-0.39, 0.29) is 5.82 Å².